The Balaban J connectivity index is 1.69. The molecule has 3 aromatic rings. The van der Waals surface area contributed by atoms with Crippen LogP contribution in [0.15, 0.2) is 46.9 Å². The number of rotatable bonds is 6. The maximum atomic E-state index is 14.2. The maximum absolute atomic E-state index is 14.2. The van der Waals surface area contributed by atoms with Crippen molar-refractivity contribution in [1.82, 2.24) is 10.3 Å². The van der Waals surface area contributed by atoms with Crippen molar-refractivity contribution in [2.45, 2.75) is 13.2 Å². The number of hydrogen-bond donors (Lipinski definition) is 2. The van der Waals surface area contributed by atoms with Gasteiger partial charge >= 0.3 is 0 Å². The van der Waals surface area contributed by atoms with Gasteiger partial charge < -0.3 is 25.1 Å². The molecule has 2 heterocycles. The lowest BCUT2D eigenvalue weighted by Crippen LogP contribution is -2.49. The lowest BCUT2D eigenvalue weighted by atomic mass is 10.1. The molecule has 1 unspecified atom stereocenters. The zero-order chi connectivity index (χ0) is 22.0. The number of carbonyl (C=O) groups is 1. The van der Waals surface area contributed by atoms with Gasteiger partial charge in [0.1, 0.15) is 23.4 Å². The molecule has 0 saturated carbocycles. The molecule has 4 rings (SSSR count). The summed E-state index contributed by atoms with van der Waals surface area (Å²) in [6, 6.07) is 10.6. The van der Waals surface area contributed by atoms with Crippen LogP contribution in [0.3, 0.4) is 0 Å². The highest BCUT2D eigenvalue weighted by Gasteiger charge is 2.25. The fourth-order valence-corrected chi connectivity index (χ4v) is 3.60. The molecule has 31 heavy (non-hydrogen) atoms. The summed E-state index contributed by atoms with van der Waals surface area (Å²) >= 11 is 0. The minimum absolute atomic E-state index is 0.0512. The van der Waals surface area contributed by atoms with Crippen LogP contribution in [0.1, 0.15) is 17.4 Å². The number of ether oxygens (including phenoxy) is 1. The summed E-state index contributed by atoms with van der Waals surface area (Å²) in [5, 5.41) is 3.30. The van der Waals surface area contributed by atoms with Gasteiger partial charge in [0.15, 0.2) is 11.5 Å². The highest BCUT2D eigenvalue weighted by atomic mass is 19.1. The average molecular weight is 428 g/mol. The van der Waals surface area contributed by atoms with Crippen molar-refractivity contribution in [3.05, 3.63) is 59.8 Å². The minimum atomic E-state index is -0.859. The molecule has 0 spiro atoms. The standard InChI is InChI=1S/C22H22F2N4O3/c1-2-28(17-12-26-10-11-30-17)14-8-6-13(7-9-14)20-19(21(25)29)27-22(31-20)18-15(23)4-3-5-16(18)24/h3-9,17,26H,2,10-12H2,1H3,(H2,25,29). The van der Waals surface area contributed by atoms with Gasteiger partial charge in [-0.2, -0.15) is 0 Å². The first kappa shape index (κ1) is 21.0. The molecule has 1 saturated heterocycles. The van der Waals surface area contributed by atoms with Gasteiger partial charge in [-0.15, -0.1) is 0 Å². The number of nitrogens with two attached hydrogens (primary N) is 1. The first-order chi connectivity index (χ1) is 15.0. The smallest absolute Gasteiger partial charge is 0.271 e. The molecule has 1 atom stereocenters. The van der Waals surface area contributed by atoms with Gasteiger partial charge in [0.05, 0.1) is 6.61 Å². The van der Waals surface area contributed by atoms with E-state index in [0.29, 0.717) is 18.7 Å². The van der Waals surface area contributed by atoms with E-state index in [1.807, 2.05) is 19.1 Å². The number of oxazole rings is 1. The molecule has 1 aromatic heterocycles. The Morgan fingerprint density at radius 2 is 1.94 bits per heavy atom. The van der Waals surface area contributed by atoms with Crippen LogP contribution in [0.5, 0.6) is 0 Å². The highest BCUT2D eigenvalue weighted by Crippen LogP contribution is 2.33. The lowest BCUT2D eigenvalue weighted by molar-refractivity contribution is 0.0272. The number of carbonyl (C=O) groups excluding carboxylic acids is 1. The van der Waals surface area contributed by atoms with Crippen LogP contribution in [-0.4, -0.2) is 43.4 Å². The third kappa shape index (κ3) is 4.14. The summed E-state index contributed by atoms with van der Waals surface area (Å²) < 4.78 is 39.8. The summed E-state index contributed by atoms with van der Waals surface area (Å²) in [6.07, 6.45) is -0.0910. The zero-order valence-corrected chi connectivity index (χ0v) is 16.9. The van der Waals surface area contributed by atoms with Gasteiger partial charge in [0.25, 0.3) is 5.91 Å². The van der Waals surface area contributed by atoms with Crippen LogP contribution in [-0.2, 0) is 4.74 Å². The van der Waals surface area contributed by atoms with E-state index >= 15 is 0 Å². The summed E-state index contributed by atoms with van der Waals surface area (Å²) in [7, 11) is 0. The van der Waals surface area contributed by atoms with E-state index in [1.165, 1.54) is 6.07 Å². The second-order valence-electron chi connectivity index (χ2n) is 7.02. The van der Waals surface area contributed by atoms with Gasteiger partial charge in [-0.05, 0) is 43.3 Å². The molecule has 2 aromatic carbocycles. The summed E-state index contributed by atoms with van der Waals surface area (Å²) in [6.45, 7) is 4.93. The molecule has 1 aliphatic heterocycles. The average Bonchev–Trinajstić information content (AvgIpc) is 3.21. The van der Waals surface area contributed by atoms with Crippen molar-refractivity contribution in [1.29, 1.82) is 0 Å². The van der Waals surface area contributed by atoms with Crippen molar-refractivity contribution < 1.29 is 22.7 Å². The first-order valence-corrected chi connectivity index (χ1v) is 9.94. The van der Waals surface area contributed by atoms with Gasteiger partial charge in [-0.1, -0.05) is 6.07 Å². The Labute approximate surface area is 177 Å². The Bertz CT molecular complexity index is 1060. The number of hydrogen-bond acceptors (Lipinski definition) is 6. The summed E-state index contributed by atoms with van der Waals surface area (Å²) in [5.41, 5.74) is 6.21. The molecule has 1 fully saturated rings. The fourth-order valence-electron chi connectivity index (χ4n) is 3.60. The van der Waals surface area contributed by atoms with E-state index in [0.717, 1.165) is 30.9 Å². The molecule has 0 aliphatic carbocycles. The van der Waals surface area contributed by atoms with Crippen molar-refractivity contribution >= 4 is 11.6 Å². The van der Waals surface area contributed by atoms with Gasteiger partial charge in [0.2, 0.25) is 5.89 Å². The van der Waals surface area contributed by atoms with Crippen LogP contribution in [0.2, 0.25) is 0 Å². The molecular formula is C22H22F2N4O3. The predicted molar refractivity (Wildman–Crippen MR) is 111 cm³/mol. The van der Waals surface area contributed by atoms with Crippen LogP contribution in [0, 0.1) is 11.6 Å². The number of anilines is 1. The molecule has 1 amide bonds. The number of benzene rings is 2. The highest BCUT2D eigenvalue weighted by molar-refractivity contribution is 5.97. The Morgan fingerprint density at radius 3 is 2.52 bits per heavy atom. The molecule has 9 heteroatoms. The van der Waals surface area contributed by atoms with Crippen molar-refractivity contribution in [3.63, 3.8) is 0 Å². The third-order valence-electron chi connectivity index (χ3n) is 5.09. The monoisotopic (exact) mass is 428 g/mol. The Kier molecular flexibility index (Phi) is 5.97. The van der Waals surface area contributed by atoms with E-state index in [1.54, 1.807) is 12.1 Å². The molecule has 0 radical (unpaired) electrons. The SMILES string of the molecule is CCN(c1ccc(-c2oc(-c3c(F)cccc3F)nc2C(N)=O)cc1)C1CNCCO1. The molecule has 1 aliphatic rings. The van der Waals surface area contributed by atoms with Gasteiger partial charge in [-0.25, -0.2) is 13.8 Å². The molecule has 0 bridgehead atoms. The molecule has 3 N–H and O–H groups in total. The van der Waals surface area contributed by atoms with Crippen LogP contribution >= 0.6 is 0 Å². The van der Waals surface area contributed by atoms with E-state index in [4.69, 9.17) is 14.9 Å². The van der Waals surface area contributed by atoms with Crippen LogP contribution in [0.25, 0.3) is 22.8 Å². The summed E-state index contributed by atoms with van der Waals surface area (Å²) in [5.74, 6) is -2.85. The number of amides is 1. The van der Waals surface area contributed by atoms with E-state index < -0.39 is 23.1 Å². The van der Waals surface area contributed by atoms with E-state index in [9.17, 15) is 13.6 Å². The molecule has 162 valence electrons. The molecule has 7 nitrogen and oxygen atoms in total. The number of aromatic nitrogens is 1. The Morgan fingerprint density at radius 1 is 1.23 bits per heavy atom. The van der Waals surface area contributed by atoms with Gasteiger partial charge in [0, 0.05) is 30.9 Å². The number of halogens is 2. The normalized spacial score (nSPS) is 16.3. The largest absolute Gasteiger partial charge is 0.435 e. The van der Waals surface area contributed by atoms with Crippen LogP contribution in [0.4, 0.5) is 14.5 Å². The number of nitrogens with zero attached hydrogens (tertiary/aromatic N) is 2. The predicted octanol–water partition coefficient (Wildman–Crippen LogP) is 3.16. The number of nitrogens with one attached hydrogen (secondary N) is 1. The van der Waals surface area contributed by atoms with Crippen molar-refractivity contribution in [3.8, 4) is 22.8 Å². The van der Waals surface area contributed by atoms with Crippen LogP contribution < -0.4 is 16.0 Å². The lowest BCUT2D eigenvalue weighted by Gasteiger charge is -2.35. The number of morpholine rings is 1. The zero-order valence-electron chi connectivity index (χ0n) is 16.9. The quantitative estimate of drug-likeness (QED) is 0.627. The summed E-state index contributed by atoms with van der Waals surface area (Å²) in [4.78, 5) is 18.0. The number of primary amides is 1. The fraction of sp³-hybridized carbons (Fsp3) is 0.273. The Hall–Kier alpha value is -3.30. The minimum Gasteiger partial charge on any atom is -0.435 e. The van der Waals surface area contributed by atoms with Crippen molar-refractivity contribution in [2.24, 2.45) is 5.73 Å². The topological polar surface area (TPSA) is 93.6 Å². The van der Waals surface area contributed by atoms with E-state index in [-0.39, 0.29) is 23.6 Å². The first-order valence-electron chi connectivity index (χ1n) is 9.94. The molecular weight excluding hydrogens is 406 g/mol. The van der Waals surface area contributed by atoms with Crippen molar-refractivity contribution in [2.75, 3.05) is 31.1 Å². The third-order valence-corrected chi connectivity index (χ3v) is 5.09. The number of likely N-dealkylation sites (N-methyl/N-ethyl adjacent to an activating group) is 1. The van der Waals surface area contributed by atoms with Gasteiger partial charge in [-0.3, -0.25) is 4.79 Å². The van der Waals surface area contributed by atoms with E-state index in [2.05, 4.69) is 15.2 Å². The maximum Gasteiger partial charge on any atom is 0.271 e. The second-order valence-corrected chi connectivity index (χ2v) is 7.02. The second kappa shape index (κ2) is 8.83.